The van der Waals surface area contributed by atoms with Crippen LogP contribution in [0.3, 0.4) is 0 Å². The minimum atomic E-state index is 0.509. The normalized spacial score (nSPS) is 10.1. The van der Waals surface area contributed by atoms with Crippen LogP contribution in [0.15, 0.2) is 30.6 Å². The molecule has 0 amide bonds. The molecule has 1 aromatic carbocycles. The number of nitrogen functional groups attached to an aromatic ring is 1. The third-order valence-corrected chi connectivity index (χ3v) is 2.52. The van der Waals surface area contributed by atoms with Crippen LogP contribution in [0.2, 0.25) is 5.02 Å². The molecular formula is C12H13ClN4O. The lowest BCUT2D eigenvalue weighted by atomic mass is 10.3. The molecule has 0 bridgehead atoms. The van der Waals surface area contributed by atoms with E-state index in [2.05, 4.69) is 15.3 Å². The number of benzene rings is 1. The summed E-state index contributed by atoms with van der Waals surface area (Å²) in [4.78, 5) is 8.07. The highest BCUT2D eigenvalue weighted by Crippen LogP contribution is 2.27. The van der Waals surface area contributed by atoms with E-state index in [1.165, 1.54) is 6.33 Å². The molecule has 0 unspecified atom stereocenters. The average Bonchev–Trinajstić information content (AvgIpc) is 2.35. The maximum Gasteiger partial charge on any atom is 0.218 e. The summed E-state index contributed by atoms with van der Waals surface area (Å²) in [6.45, 7) is 2.44. The van der Waals surface area contributed by atoms with Gasteiger partial charge in [0.05, 0.1) is 17.3 Å². The van der Waals surface area contributed by atoms with Crippen molar-refractivity contribution >= 4 is 28.8 Å². The Balaban J connectivity index is 2.22. The molecule has 0 saturated carbocycles. The van der Waals surface area contributed by atoms with Crippen molar-refractivity contribution in [2.75, 3.05) is 17.7 Å². The van der Waals surface area contributed by atoms with Gasteiger partial charge in [0.25, 0.3) is 0 Å². The lowest BCUT2D eigenvalue weighted by Crippen LogP contribution is -1.99. The molecule has 94 valence electrons. The van der Waals surface area contributed by atoms with E-state index >= 15 is 0 Å². The Kier molecular flexibility index (Phi) is 3.84. The van der Waals surface area contributed by atoms with Gasteiger partial charge in [0.15, 0.2) is 0 Å². The minimum Gasteiger partial charge on any atom is -0.478 e. The van der Waals surface area contributed by atoms with Crippen molar-refractivity contribution in [1.82, 2.24) is 9.97 Å². The van der Waals surface area contributed by atoms with Crippen LogP contribution in [0, 0.1) is 0 Å². The largest absolute Gasteiger partial charge is 0.478 e. The highest BCUT2D eigenvalue weighted by Gasteiger charge is 2.04. The first-order chi connectivity index (χ1) is 8.69. The topological polar surface area (TPSA) is 73.1 Å². The number of nitrogens with zero attached hydrogens (tertiary/aromatic N) is 2. The monoisotopic (exact) mass is 264 g/mol. The first-order valence-corrected chi connectivity index (χ1v) is 5.83. The fourth-order valence-corrected chi connectivity index (χ4v) is 1.58. The van der Waals surface area contributed by atoms with E-state index < -0.39 is 0 Å². The lowest BCUT2D eigenvalue weighted by molar-refractivity contribution is 0.326. The second-order valence-corrected chi connectivity index (χ2v) is 3.95. The van der Waals surface area contributed by atoms with Gasteiger partial charge in [-0.2, -0.15) is 0 Å². The summed E-state index contributed by atoms with van der Waals surface area (Å²) >= 11 is 6.05. The Morgan fingerprint density at radius 2 is 2.17 bits per heavy atom. The van der Waals surface area contributed by atoms with E-state index in [-0.39, 0.29) is 0 Å². The molecule has 0 aliphatic carbocycles. The van der Waals surface area contributed by atoms with E-state index in [0.717, 1.165) is 0 Å². The molecular weight excluding hydrogens is 252 g/mol. The number of halogens is 1. The molecule has 2 rings (SSSR count). The van der Waals surface area contributed by atoms with Crippen LogP contribution in [-0.2, 0) is 0 Å². The zero-order chi connectivity index (χ0) is 13.0. The van der Waals surface area contributed by atoms with Crippen LogP contribution in [0.25, 0.3) is 0 Å². The maximum atomic E-state index is 6.05. The maximum absolute atomic E-state index is 6.05. The van der Waals surface area contributed by atoms with Gasteiger partial charge in [0.1, 0.15) is 12.1 Å². The summed E-state index contributed by atoms with van der Waals surface area (Å²) < 4.78 is 5.29. The molecule has 3 N–H and O–H groups in total. The number of rotatable bonds is 4. The van der Waals surface area contributed by atoms with Crippen molar-refractivity contribution in [3.8, 4) is 5.88 Å². The molecule has 0 radical (unpaired) electrons. The number of hydrogen-bond donors (Lipinski definition) is 2. The number of aromatic nitrogens is 2. The van der Waals surface area contributed by atoms with Gasteiger partial charge >= 0.3 is 0 Å². The van der Waals surface area contributed by atoms with Crippen molar-refractivity contribution in [1.29, 1.82) is 0 Å². The van der Waals surface area contributed by atoms with Crippen LogP contribution in [0.4, 0.5) is 17.2 Å². The summed E-state index contributed by atoms with van der Waals surface area (Å²) in [6, 6.07) is 6.90. The Morgan fingerprint density at radius 3 is 2.94 bits per heavy atom. The minimum absolute atomic E-state index is 0.509. The summed E-state index contributed by atoms with van der Waals surface area (Å²) in [5.74, 6) is 1.11. The third-order valence-electron chi connectivity index (χ3n) is 2.19. The van der Waals surface area contributed by atoms with Crippen molar-refractivity contribution in [2.24, 2.45) is 0 Å². The molecule has 0 aliphatic heterocycles. The molecule has 0 fully saturated rings. The molecule has 1 aromatic heterocycles. The fraction of sp³-hybridized carbons (Fsp3) is 0.167. The van der Waals surface area contributed by atoms with Crippen molar-refractivity contribution < 1.29 is 4.74 Å². The summed E-state index contributed by atoms with van der Waals surface area (Å²) in [5, 5.41) is 3.64. The van der Waals surface area contributed by atoms with Crippen molar-refractivity contribution in [3.05, 3.63) is 35.6 Å². The van der Waals surface area contributed by atoms with Gasteiger partial charge in [-0.3, -0.25) is 0 Å². The number of nitrogens with two attached hydrogens (primary N) is 1. The summed E-state index contributed by atoms with van der Waals surface area (Å²) in [5.41, 5.74) is 7.02. The molecule has 0 atom stereocenters. The molecule has 0 saturated heterocycles. The third kappa shape index (κ3) is 3.01. The summed E-state index contributed by atoms with van der Waals surface area (Å²) in [6.07, 6.45) is 1.42. The zero-order valence-corrected chi connectivity index (χ0v) is 10.6. The zero-order valence-electron chi connectivity index (χ0n) is 9.85. The fourth-order valence-electron chi connectivity index (χ4n) is 1.41. The highest BCUT2D eigenvalue weighted by atomic mass is 35.5. The second-order valence-electron chi connectivity index (χ2n) is 3.54. The number of hydrogen-bond acceptors (Lipinski definition) is 5. The Bertz CT molecular complexity index is 547. The van der Waals surface area contributed by atoms with E-state index in [9.17, 15) is 0 Å². The molecule has 0 spiro atoms. The number of ether oxygens (including phenoxy) is 1. The van der Waals surface area contributed by atoms with E-state index in [4.69, 9.17) is 22.1 Å². The predicted molar refractivity (Wildman–Crippen MR) is 72.3 cm³/mol. The van der Waals surface area contributed by atoms with Crippen molar-refractivity contribution in [2.45, 2.75) is 6.92 Å². The number of nitrogens with one attached hydrogen (secondary N) is 1. The van der Waals surface area contributed by atoms with Gasteiger partial charge < -0.3 is 15.8 Å². The van der Waals surface area contributed by atoms with Crippen LogP contribution in [-0.4, -0.2) is 16.6 Å². The molecule has 1 heterocycles. The Labute approximate surface area is 110 Å². The van der Waals surface area contributed by atoms with Gasteiger partial charge in [-0.25, -0.2) is 9.97 Å². The average molecular weight is 265 g/mol. The predicted octanol–water partition coefficient (Wildman–Crippen LogP) is 2.85. The smallest absolute Gasteiger partial charge is 0.218 e. The van der Waals surface area contributed by atoms with Crippen LogP contribution >= 0.6 is 11.6 Å². The Morgan fingerprint density at radius 1 is 1.33 bits per heavy atom. The standard InChI is InChI=1S/C12H13ClN4O/c1-2-18-12-6-11(15-7-16-12)17-10-5-8(14)3-4-9(10)13/h3-7H,2,14H2,1H3,(H,15,16,17). The molecule has 0 aliphatic rings. The van der Waals surface area contributed by atoms with Crippen LogP contribution < -0.4 is 15.8 Å². The van der Waals surface area contributed by atoms with Gasteiger partial charge in [-0.15, -0.1) is 0 Å². The number of anilines is 3. The van der Waals surface area contributed by atoms with Crippen LogP contribution in [0.1, 0.15) is 6.92 Å². The molecule has 5 nitrogen and oxygen atoms in total. The quantitative estimate of drug-likeness (QED) is 0.831. The van der Waals surface area contributed by atoms with Gasteiger partial charge in [0.2, 0.25) is 5.88 Å². The van der Waals surface area contributed by atoms with Gasteiger partial charge in [0, 0.05) is 11.8 Å². The molecule has 6 heteroatoms. The van der Waals surface area contributed by atoms with Gasteiger partial charge in [-0.05, 0) is 25.1 Å². The summed E-state index contributed by atoms with van der Waals surface area (Å²) in [7, 11) is 0. The first-order valence-electron chi connectivity index (χ1n) is 5.46. The molecule has 2 aromatic rings. The van der Waals surface area contributed by atoms with E-state index in [1.807, 2.05) is 6.92 Å². The first kappa shape index (κ1) is 12.4. The highest BCUT2D eigenvalue weighted by molar-refractivity contribution is 6.33. The van der Waals surface area contributed by atoms with Crippen LogP contribution in [0.5, 0.6) is 5.88 Å². The van der Waals surface area contributed by atoms with Gasteiger partial charge in [-0.1, -0.05) is 11.6 Å². The van der Waals surface area contributed by atoms with E-state index in [0.29, 0.717) is 34.7 Å². The SMILES string of the molecule is CCOc1cc(Nc2cc(N)ccc2Cl)ncn1. The lowest BCUT2D eigenvalue weighted by Gasteiger charge is -2.09. The van der Waals surface area contributed by atoms with E-state index in [1.54, 1.807) is 24.3 Å². The molecule has 18 heavy (non-hydrogen) atoms. The van der Waals surface area contributed by atoms with Crippen molar-refractivity contribution in [3.63, 3.8) is 0 Å². The second kappa shape index (κ2) is 5.55. The Hall–Kier alpha value is -2.01.